The van der Waals surface area contributed by atoms with Crippen LogP contribution in [0.3, 0.4) is 0 Å². The lowest BCUT2D eigenvalue weighted by Crippen LogP contribution is -2.35. The van der Waals surface area contributed by atoms with Crippen LogP contribution in [0.5, 0.6) is 0 Å². The van der Waals surface area contributed by atoms with E-state index in [2.05, 4.69) is 52.1 Å². The third-order valence-corrected chi connectivity index (χ3v) is 3.27. The van der Waals surface area contributed by atoms with Crippen molar-refractivity contribution in [1.29, 1.82) is 0 Å². The lowest BCUT2D eigenvalue weighted by atomic mass is 10.1. The van der Waals surface area contributed by atoms with Crippen molar-refractivity contribution in [3.8, 4) is 5.82 Å². The van der Waals surface area contributed by atoms with Gasteiger partial charge in [0.05, 0.1) is 15.7 Å². The molecule has 0 bridgehead atoms. The Bertz CT molecular complexity index is 574. The molecule has 0 atom stereocenters. The minimum Gasteiger partial charge on any atom is -0.308 e. The highest BCUT2D eigenvalue weighted by Crippen LogP contribution is 2.19. The zero-order chi connectivity index (χ0) is 14.0. The molecule has 19 heavy (non-hydrogen) atoms. The number of hydrogen-bond donors (Lipinski definition) is 1. The fourth-order valence-corrected chi connectivity index (χ4v) is 1.97. The Morgan fingerprint density at radius 3 is 2.68 bits per heavy atom. The molecule has 6 heteroatoms. The Labute approximate surface area is 126 Å². The fourth-order valence-electron chi connectivity index (χ4n) is 1.52. The average molecular weight is 344 g/mol. The maximum Gasteiger partial charge on any atom is 0.153 e. The van der Waals surface area contributed by atoms with Crippen LogP contribution < -0.4 is 5.32 Å². The molecule has 0 aliphatic rings. The van der Waals surface area contributed by atoms with Crippen LogP contribution in [0.2, 0.25) is 5.02 Å². The van der Waals surface area contributed by atoms with Gasteiger partial charge in [0, 0.05) is 24.5 Å². The van der Waals surface area contributed by atoms with Crippen LogP contribution in [0.25, 0.3) is 5.82 Å². The first-order chi connectivity index (χ1) is 8.85. The highest BCUT2D eigenvalue weighted by atomic mass is 79.9. The number of aromatic nitrogens is 3. The number of hydrogen-bond acceptors (Lipinski definition) is 3. The van der Waals surface area contributed by atoms with Crippen molar-refractivity contribution in [2.45, 2.75) is 32.9 Å². The van der Waals surface area contributed by atoms with Crippen LogP contribution in [-0.2, 0) is 6.54 Å². The van der Waals surface area contributed by atoms with Gasteiger partial charge in [-0.05, 0) is 48.3 Å². The number of pyridine rings is 1. The maximum atomic E-state index is 6.18. The second kappa shape index (κ2) is 5.61. The van der Waals surface area contributed by atoms with Gasteiger partial charge in [-0.3, -0.25) is 0 Å². The van der Waals surface area contributed by atoms with Gasteiger partial charge in [-0.15, -0.1) is 0 Å². The first-order valence-corrected chi connectivity index (χ1v) is 7.12. The largest absolute Gasteiger partial charge is 0.308 e. The predicted octanol–water partition coefficient (Wildman–Crippen LogP) is 3.57. The van der Waals surface area contributed by atoms with Crippen molar-refractivity contribution in [1.82, 2.24) is 20.1 Å². The van der Waals surface area contributed by atoms with Crippen molar-refractivity contribution in [2.75, 3.05) is 0 Å². The molecule has 0 unspecified atom stereocenters. The van der Waals surface area contributed by atoms with E-state index in [4.69, 9.17) is 11.6 Å². The summed E-state index contributed by atoms with van der Waals surface area (Å²) in [6.45, 7) is 7.05. The van der Waals surface area contributed by atoms with Crippen LogP contribution in [0.1, 0.15) is 26.3 Å². The highest BCUT2D eigenvalue weighted by Gasteiger charge is 2.11. The summed E-state index contributed by atoms with van der Waals surface area (Å²) in [5, 5.41) is 8.28. The Hall–Kier alpha value is -0.910. The zero-order valence-electron chi connectivity index (χ0n) is 11.1. The second-order valence-electron chi connectivity index (χ2n) is 5.34. The Kier molecular flexibility index (Phi) is 4.28. The molecule has 2 aromatic rings. The molecule has 2 heterocycles. The first-order valence-electron chi connectivity index (χ1n) is 5.95. The van der Waals surface area contributed by atoms with Gasteiger partial charge < -0.3 is 5.32 Å². The van der Waals surface area contributed by atoms with E-state index in [9.17, 15) is 0 Å². The average Bonchev–Trinajstić information content (AvgIpc) is 2.74. The van der Waals surface area contributed by atoms with Crippen LogP contribution in [0.15, 0.2) is 29.1 Å². The van der Waals surface area contributed by atoms with Gasteiger partial charge in [0.2, 0.25) is 0 Å². The van der Waals surface area contributed by atoms with E-state index in [1.54, 1.807) is 17.1 Å². The maximum absolute atomic E-state index is 6.18. The minimum atomic E-state index is 0.0431. The normalized spacial score (nSPS) is 11.8. The van der Waals surface area contributed by atoms with Crippen LogP contribution >= 0.6 is 27.5 Å². The van der Waals surface area contributed by atoms with E-state index in [-0.39, 0.29) is 5.54 Å². The minimum absolute atomic E-state index is 0.0431. The van der Waals surface area contributed by atoms with Gasteiger partial charge >= 0.3 is 0 Å². The lowest BCUT2D eigenvalue weighted by Gasteiger charge is -2.21. The molecular formula is C13H16BrClN4. The lowest BCUT2D eigenvalue weighted by molar-refractivity contribution is 0.424. The summed E-state index contributed by atoms with van der Waals surface area (Å²) in [7, 11) is 0. The summed E-state index contributed by atoms with van der Waals surface area (Å²) in [6, 6.07) is 1.94. The van der Waals surface area contributed by atoms with Gasteiger partial charge in [0.25, 0.3) is 0 Å². The molecule has 2 aromatic heterocycles. The monoisotopic (exact) mass is 342 g/mol. The molecule has 0 aliphatic heterocycles. The summed E-state index contributed by atoms with van der Waals surface area (Å²) in [5.74, 6) is 0.751. The van der Waals surface area contributed by atoms with Crippen LogP contribution in [-0.4, -0.2) is 20.3 Å². The standard InChI is InChI=1S/C13H16BrClN4/c1-13(2,3)17-5-9-4-12(16-7-11(9)15)19-8-10(14)6-18-19/h4,6-8,17H,5H2,1-3H3. The van der Waals surface area contributed by atoms with Crippen molar-refractivity contribution >= 4 is 27.5 Å². The molecule has 0 aliphatic carbocycles. The Morgan fingerprint density at radius 2 is 2.11 bits per heavy atom. The van der Waals surface area contributed by atoms with Gasteiger partial charge in [-0.1, -0.05) is 11.6 Å². The summed E-state index contributed by atoms with van der Waals surface area (Å²) >= 11 is 9.55. The third kappa shape index (κ3) is 4.03. The molecule has 102 valence electrons. The van der Waals surface area contributed by atoms with Gasteiger partial charge in [0.15, 0.2) is 5.82 Å². The molecule has 4 nitrogen and oxygen atoms in total. The summed E-state index contributed by atoms with van der Waals surface area (Å²) < 4.78 is 2.62. The van der Waals surface area contributed by atoms with Crippen molar-refractivity contribution in [3.05, 3.63) is 39.7 Å². The fraction of sp³-hybridized carbons (Fsp3) is 0.385. The number of halogens is 2. The quantitative estimate of drug-likeness (QED) is 0.926. The smallest absolute Gasteiger partial charge is 0.153 e. The topological polar surface area (TPSA) is 42.7 Å². The van der Waals surface area contributed by atoms with Crippen molar-refractivity contribution in [3.63, 3.8) is 0 Å². The molecule has 0 fully saturated rings. The molecule has 2 rings (SSSR count). The zero-order valence-corrected chi connectivity index (χ0v) is 13.5. The number of nitrogens with one attached hydrogen (secondary N) is 1. The molecule has 0 amide bonds. The van der Waals surface area contributed by atoms with E-state index in [1.807, 2.05) is 12.3 Å². The Morgan fingerprint density at radius 1 is 1.37 bits per heavy atom. The van der Waals surface area contributed by atoms with Crippen LogP contribution in [0, 0.1) is 0 Å². The second-order valence-corrected chi connectivity index (χ2v) is 6.66. The molecule has 0 spiro atoms. The molecule has 0 radical (unpaired) electrons. The van der Waals surface area contributed by atoms with Gasteiger partial charge in [-0.2, -0.15) is 5.10 Å². The van der Waals surface area contributed by atoms with E-state index < -0.39 is 0 Å². The van der Waals surface area contributed by atoms with E-state index >= 15 is 0 Å². The Balaban J connectivity index is 2.24. The van der Waals surface area contributed by atoms with E-state index in [0.717, 1.165) is 15.9 Å². The summed E-state index contributed by atoms with van der Waals surface area (Å²) in [6.07, 6.45) is 5.24. The highest BCUT2D eigenvalue weighted by molar-refractivity contribution is 9.10. The predicted molar refractivity (Wildman–Crippen MR) is 80.7 cm³/mol. The first kappa shape index (κ1) is 14.5. The molecule has 1 N–H and O–H groups in total. The van der Waals surface area contributed by atoms with Crippen LogP contribution in [0.4, 0.5) is 0 Å². The number of nitrogens with zero attached hydrogens (tertiary/aromatic N) is 3. The van der Waals surface area contributed by atoms with E-state index in [0.29, 0.717) is 11.6 Å². The summed E-state index contributed by atoms with van der Waals surface area (Å²) in [4.78, 5) is 4.29. The number of rotatable bonds is 3. The summed E-state index contributed by atoms with van der Waals surface area (Å²) in [5.41, 5.74) is 1.05. The molecule has 0 aromatic carbocycles. The molecular weight excluding hydrogens is 328 g/mol. The van der Waals surface area contributed by atoms with Crippen molar-refractivity contribution < 1.29 is 0 Å². The third-order valence-electron chi connectivity index (χ3n) is 2.52. The molecule has 0 saturated carbocycles. The van der Waals surface area contributed by atoms with Crippen molar-refractivity contribution in [2.24, 2.45) is 0 Å². The van der Waals surface area contributed by atoms with Gasteiger partial charge in [0.1, 0.15) is 0 Å². The SMILES string of the molecule is CC(C)(C)NCc1cc(-n2cc(Br)cn2)ncc1Cl. The molecule has 0 saturated heterocycles. The van der Waals surface area contributed by atoms with E-state index in [1.165, 1.54) is 0 Å². The van der Waals surface area contributed by atoms with Gasteiger partial charge in [-0.25, -0.2) is 9.67 Å².